The number of carbonyl (C=O) groups excluding carboxylic acids is 4. The molecule has 1 aliphatic rings. The second-order valence-corrected chi connectivity index (χ2v) is 9.80. The van der Waals surface area contributed by atoms with Gasteiger partial charge in [-0.1, -0.05) is 34.8 Å². The van der Waals surface area contributed by atoms with Gasteiger partial charge in [-0.2, -0.15) is 0 Å². The van der Waals surface area contributed by atoms with Gasteiger partial charge in [-0.15, -0.1) is 0 Å². The van der Waals surface area contributed by atoms with Crippen LogP contribution in [0.2, 0.25) is 15.1 Å². The van der Waals surface area contributed by atoms with Crippen LogP contribution in [-0.4, -0.2) is 41.1 Å². The average molecular weight is 580 g/mol. The number of halogens is 3. The first-order valence-corrected chi connectivity index (χ1v) is 12.7. The van der Waals surface area contributed by atoms with E-state index in [2.05, 4.69) is 5.32 Å². The van der Waals surface area contributed by atoms with E-state index in [4.69, 9.17) is 44.0 Å². The first-order chi connectivity index (χ1) is 17.7. The Bertz CT molecular complexity index is 1450. The fourth-order valence-electron chi connectivity index (χ4n) is 3.34. The molecule has 4 rings (SSSR count). The normalized spacial score (nSPS) is 14.4. The Morgan fingerprint density at radius 3 is 2.57 bits per heavy atom. The van der Waals surface area contributed by atoms with Crippen molar-refractivity contribution in [3.8, 4) is 11.3 Å². The molecule has 3 aromatic rings. The van der Waals surface area contributed by atoms with Crippen LogP contribution in [0.3, 0.4) is 0 Å². The van der Waals surface area contributed by atoms with Crippen molar-refractivity contribution in [1.29, 1.82) is 0 Å². The molecule has 1 N–H and O–H groups in total. The molecule has 1 fully saturated rings. The first-order valence-electron chi connectivity index (χ1n) is 10.7. The lowest BCUT2D eigenvalue weighted by Gasteiger charge is -2.13. The molecular formula is C25H17Cl3N2O6S. The van der Waals surface area contributed by atoms with Gasteiger partial charge in [-0.05, 0) is 67.2 Å². The highest BCUT2D eigenvalue weighted by Crippen LogP contribution is 2.35. The van der Waals surface area contributed by atoms with Crippen molar-refractivity contribution in [2.75, 3.05) is 18.5 Å². The third-order valence-electron chi connectivity index (χ3n) is 5.02. The molecule has 0 radical (unpaired) electrons. The van der Waals surface area contributed by atoms with Crippen LogP contribution < -0.4 is 5.32 Å². The maximum Gasteiger partial charge on any atom is 0.339 e. The number of carbonyl (C=O) groups is 4. The summed E-state index contributed by atoms with van der Waals surface area (Å²) in [4.78, 5) is 50.7. The predicted octanol–water partition coefficient (Wildman–Crippen LogP) is 6.76. The van der Waals surface area contributed by atoms with Crippen LogP contribution >= 0.6 is 46.6 Å². The van der Waals surface area contributed by atoms with Crippen LogP contribution in [-0.2, 0) is 14.3 Å². The lowest BCUT2D eigenvalue weighted by atomic mass is 10.2. The molecule has 0 saturated carbocycles. The fourth-order valence-corrected chi connectivity index (χ4v) is 4.86. The molecule has 12 heteroatoms. The number of furan rings is 1. The second kappa shape index (κ2) is 11.4. The largest absolute Gasteiger partial charge is 0.462 e. The van der Waals surface area contributed by atoms with Gasteiger partial charge in [0.2, 0.25) is 5.91 Å². The molecule has 2 heterocycles. The van der Waals surface area contributed by atoms with Crippen LogP contribution in [0, 0.1) is 0 Å². The number of anilines is 1. The van der Waals surface area contributed by atoms with Crippen molar-refractivity contribution in [3.05, 3.63) is 79.8 Å². The molecular weight excluding hydrogens is 563 g/mol. The number of esters is 1. The van der Waals surface area contributed by atoms with Gasteiger partial charge in [0, 0.05) is 22.3 Å². The molecule has 37 heavy (non-hydrogen) atoms. The van der Waals surface area contributed by atoms with Gasteiger partial charge in [0.25, 0.3) is 11.1 Å². The SMILES string of the molecule is CCOC(=O)c1cc(NC(=O)CN2C(=O)S/C(=C/c3ccc(-c4ccc(Cl)cc4Cl)o3)C2=O)ccc1Cl. The Morgan fingerprint density at radius 2 is 1.84 bits per heavy atom. The summed E-state index contributed by atoms with van der Waals surface area (Å²) in [7, 11) is 0. The molecule has 1 aliphatic heterocycles. The molecule has 0 bridgehead atoms. The van der Waals surface area contributed by atoms with Crippen LogP contribution in [0.5, 0.6) is 0 Å². The van der Waals surface area contributed by atoms with Gasteiger partial charge in [-0.25, -0.2) is 4.79 Å². The van der Waals surface area contributed by atoms with Gasteiger partial charge in [0.15, 0.2) is 0 Å². The number of thioether (sulfide) groups is 1. The lowest BCUT2D eigenvalue weighted by molar-refractivity contribution is -0.127. The molecule has 190 valence electrons. The second-order valence-electron chi connectivity index (χ2n) is 7.56. The monoisotopic (exact) mass is 578 g/mol. The van der Waals surface area contributed by atoms with Crippen molar-refractivity contribution in [2.24, 2.45) is 0 Å². The first kappa shape index (κ1) is 26.8. The number of ether oxygens (including phenoxy) is 1. The molecule has 0 spiro atoms. The van der Waals surface area contributed by atoms with E-state index in [-0.39, 0.29) is 27.8 Å². The maximum absolute atomic E-state index is 12.8. The van der Waals surface area contributed by atoms with E-state index in [0.29, 0.717) is 38.9 Å². The summed E-state index contributed by atoms with van der Waals surface area (Å²) >= 11 is 18.9. The summed E-state index contributed by atoms with van der Waals surface area (Å²) in [6, 6.07) is 12.5. The minimum Gasteiger partial charge on any atom is -0.462 e. The standard InChI is InChI=1S/C25H17Cl3N2O6S/c1-2-35-24(33)17-10-14(4-7-18(17)27)29-22(31)12-30-23(32)21(37-25(30)34)11-15-5-8-20(36-15)16-6-3-13(26)9-19(16)28/h3-11H,2,12H2,1H3,(H,29,31)/b21-11+. The number of nitrogens with zero attached hydrogens (tertiary/aromatic N) is 1. The number of benzene rings is 2. The number of amides is 3. The van der Waals surface area contributed by atoms with Crippen LogP contribution in [0.4, 0.5) is 10.5 Å². The topological polar surface area (TPSA) is 106 Å². The highest BCUT2D eigenvalue weighted by atomic mass is 35.5. The molecule has 2 aromatic carbocycles. The van der Waals surface area contributed by atoms with E-state index in [9.17, 15) is 19.2 Å². The zero-order valence-corrected chi connectivity index (χ0v) is 22.1. The number of nitrogens with one attached hydrogen (secondary N) is 1. The van der Waals surface area contributed by atoms with Crippen LogP contribution in [0.15, 0.2) is 57.9 Å². The summed E-state index contributed by atoms with van der Waals surface area (Å²) in [5.41, 5.74) is 0.945. The smallest absolute Gasteiger partial charge is 0.339 e. The lowest BCUT2D eigenvalue weighted by Crippen LogP contribution is -2.36. The Morgan fingerprint density at radius 1 is 1.05 bits per heavy atom. The number of imide groups is 1. The zero-order chi connectivity index (χ0) is 26.7. The van der Waals surface area contributed by atoms with Crippen LogP contribution in [0.1, 0.15) is 23.0 Å². The zero-order valence-electron chi connectivity index (χ0n) is 19.0. The Kier molecular flexibility index (Phi) is 8.29. The van der Waals surface area contributed by atoms with E-state index < -0.39 is 29.6 Å². The third kappa shape index (κ3) is 6.19. The van der Waals surface area contributed by atoms with Crippen LogP contribution in [0.25, 0.3) is 17.4 Å². The van der Waals surface area contributed by atoms with Crippen molar-refractivity contribution in [2.45, 2.75) is 6.92 Å². The predicted molar refractivity (Wildman–Crippen MR) is 143 cm³/mol. The molecule has 0 aliphatic carbocycles. The molecule has 1 saturated heterocycles. The summed E-state index contributed by atoms with van der Waals surface area (Å²) in [5.74, 6) is -1.14. The van der Waals surface area contributed by atoms with Gasteiger partial charge < -0.3 is 14.5 Å². The quantitative estimate of drug-likeness (QED) is 0.243. The van der Waals surface area contributed by atoms with Gasteiger partial charge >= 0.3 is 5.97 Å². The number of rotatable bonds is 7. The Labute approximate surface area is 230 Å². The minimum absolute atomic E-state index is 0.0770. The number of hydrogen-bond donors (Lipinski definition) is 1. The fraction of sp³-hybridized carbons (Fsp3) is 0.120. The number of hydrogen-bond acceptors (Lipinski definition) is 7. The highest BCUT2D eigenvalue weighted by molar-refractivity contribution is 8.18. The van der Waals surface area contributed by atoms with Crippen molar-refractivity contribution in [3.63, 3.8) is 0 Å². The summed E-state index contributed by atoms with van der Waals surface area (Å²) < 4.78 is 10.7. The average Bonchev–Trinajstić information content (AvgIpc) is 3.40. The summed E-state index contributed by atoms with van der Waals surface area (Å²) in [5, 5.41) is 2.98. The van der Waals surface area contributed by atoms with E-state index in [1.807, 2.05) is 0 Å². The Balaban J connectivity index is 1.44. The maximum atomic E-state index is 12.8. The molecule has 0 atom stereocenters. The highest BCUT2D eigenvalue weighted by Gasteiger charge is 2.36. The molecule has 0 unspecified atom stereocenters. The van der Waals surface area contributed by atoms with E-state index in [0.717, 1.165) is 4.90 Å². The van der Waals surface area contributed by atoms with E-state index >= 15 is 0 Å². The molecule has 1 aromatic heterocycles. The summed E-state index contributed by atoms with van der Waals surface area (Å²) in [6.07, 6.45) is 1.42. The van der Waals surface area contributed by atoms with Crippen molar-refractivity contribution in [1.82, 2.24) is 4.90 Å². The summed E-state index contributed by atoms with van der Waals surface area (Å²) in [6.45, 7) is 1.29. The molecule has 3 amide bonds. The van der Waals surface area contributed by atoms with Crippen molar-refractivity contribution < 1.29 is 28.3 Å². The van der Waals surface area contributed by atoms with E-state index in [1.54, 1.807) is 37.3 Å². The van der Waals surface area contributed by atoms with Crippen molar-refractivity contribution >= 4 is 81.4 Å². The minimum atomic E-state index is -0.643. The Hall–Kier alpha value is -3.24. The molecule has 8 nitrogen and oxygen atoms in total. The van der Waals surface area contributed by atoms with Gasteiger partial charge in [0.05, 0.1) is 27.1 Å². The van der Waals surface area contributed by atoms with E-state index in [1.165, 1.54) is 24.3 Å². The van der Waals surface area contributed by atoms with Gasteiger partial charge in [-0.3, -0.25) is 19.3 Å². The van der Waals surface area contributed by atoms with Gasteiger partial charge in [0.1, 0.15) is 18.1 Å². The third-order valence-corrected chi connectivity index (χ3v) is 6.80.